The van der Waals surface area contributed by atoms with E-state index in [9.17, 15) is 9.59 Å². The van der Waals surface area contributed by atoms with E-state index in [4.69, 9.17) is 5.11 Å². The molecule has 1 aromatic carbocycles. The van der Waals surface area contributed by atoms with E-state index in [1.54, 1.807) is 4.90 Å². The number of fused-ring (bicyclic) bond motifs is 1. The zero-order valence-corrected chi connectivity index (χ0v) is 12.7. The van der Waals surface area contributed by atoms with Crippen LogP contribution in [0.2, 0.25) is 0 Å². The van der Waals surface area contributed by atoms with Gasteiger partial charge in [0.15, 0.2) is 0 Å². The first-order chi connectivity index (χ1) is 10.6. The zero-order valence-electron chi connectivity index (χ0n) is 12.7. The smallest absolute Gasteiger partial charge is 0.306 e. The number of carboxylic acid groups (broad SMARTS) is 1. The maximum atomic E-state index is 12.8. The largest absolute Gasteiger partial charge is 0.481 e. The summed E-state index contributed by atoms with van der Waals surface area (Å²) in [6.45, 7) is 3.90. The first-order valence-corrected chi connectivity index (χ1v) is 7.71. The topological polar surface area (TPSA) is 62.5 Å². The van der Waals surface area contributed by atoms with Crippen molar-refractivity contribution in [3.8, 4) is 0 Å². The summed E-state index contributed by atoms with van der Waals surface area (Å²) in [5.41, 5.74) is 1.78. The van der Waals surface area contributed by atoms with Gasteiger partial charge in [-0.25, -0.2) is 0 Å². The molecule has 1 fully saturated rings. The molecule has 2 aromatic rings. The maximum Gasteiger partial charge on any atom is 0.306 e. The van der Waals surface area contributed by atoms with Crippen molar-refractivity contribution >= 4 is 22.8 Å². The van der Waals surface area contributed by atoms with Gasteiger partial charge < -0.3 is 14.6 Å². The number of nitrogens with zero attached hydrogens (tertiary/aromatic N) is 2. The number of likely N-dealkylation sites (tertiary alicyclic amines) is 1. The second kappa shape index (κ2) is 5.83. The van der Waals surface area contributed by atoms with Crippen LogP contribution in [-0.4, -0.2) is 39.5 Å². The quantitative estimate of drug-likeness (QED) is 0.947. The Morgan fingerprint density at radius 2 is 1.91 bits per heavy atom. The number of carbonyl (C=O) groups excluding carboxylic acids is 1. The number of aryl methyl sites for hydroxylation is 1. The number of aliphatic carboxylic acids is 1. The molecule has 1 saturated heterocycles. The van der Waals surface area contributed by atoms with Gasteiger partial charge >= 0.3 is 5.97 Å². The summed E-state index contributed by atoms with van der Waals surface area (Å²) in [6.07, 6.45) is 2.98. The van der Waals surface area contributed by atoms with Crippen molar-refractivity contribution in [3.05, 3.63) is 36.0 Å². The van der Waals surface area contributed by atoms with E-state index < -0.39 is 5.97 Å². The molecule has 0 saturated carbocycles. The predicted molar refractivity (Wildman–Crippen MR) is 83.9 cm³/mol. The minimum absolute atomic E-state index is 0.00670. The molecule has 1 amide bonds. The summed E-state index contributed by atoms with van der Waals surface area (Å²) in [6, 6.07) is 7.90. The van der Waals surface area contributed by atoms with Crippen molar-refractivity contribution in [2.45, 2.75) is 26.3 Å². The van der Waals surface area contributed by atoms with Crippen molar-refractivity contribution in [2.24, 2.45) is 5.92 Å². The highest BCUT2D eigenvalue weighted by atomic mass is 16.4. The summed E-state index contributed by atoms with van der Waals surface area (Å²) in [7, 11) is 0. The van der Waals surface area contributed by atoms with Gasteiger partial charge in [0.2, 0.25) is 0 Å². The Labute approximate surface area is 129 Å². The van der Waals surface area contributed by atoms with Crippen LogP contribution in [0.5, 0.6) is 0 Å². The van der Waals surface area contributed by atoms with Crippen LogP contribution >= 0.6 is 0 Å². The predicted octanol–water partition coefficient (Wildman–Crippen LogP) is 2.60. The molecule has 2 heterocycles. The fraction of sp³-hybridized carbons (Fsp3) is 0.412. The summed E-state index contributed by atoms with van der Waals surface area (Å²) in [5.74, 6) is -1.07. The van der Waals surface area contributed by atoms with Crippen LogP contribution < -0.4 is 0 Å². The molecular weight excluding hydrogens is 280 g/mol. The molecule has 1 aromatic heterocycles. The van der Waals surface area contributed by atoms with Gasteiger partial charge in [-0.05, 0) is 25.8 Å². The van der Waals surface area contributed by atoms with E-state index in [0.29, 0.717) is 31.5 Å². The summed E-state index contributed by atoms with van der Waals surface area (Å²) >= 11 is 0. The third-order valence-electron chi connectivity index (χ3n) is 4.49. The fourth-order valence-corrected chi connectivity index (χ4v) is 3.18. The Morgan fingerprint density at radius 1 is 1.23 bits per heavy atom. The summed E-state index contributed by atoms with van der Waals surface area (Å²) < 4.78 is 2.08. The molecule has 22 heavy (non-hydrogen) atoms. The number of carboxylic acids is 1. The van der Waals surface area contributed by atoms with Gasteiger partial charge in [0.05, 0.1) is 11.5 Å². The van der Waals surface area contributed by atoms with E-state index in [1.807, 2.05) is 30.5 Å². The second-order valence-corrected chi connectivity index (χ2v) is 5.75. The number of benzene rings is 1. The molecule has 1 aliphatic rings. The van der Waals surface area contributed by atoms with E-state index in [1.165, 1.54) is 0 Å². The molecule has 0 aliphatic carbocycles. The lowest BCUT2D eigenvalue weighted by atomic mass is 9.96. The molecule has 116 valence electrons. The van der Waals surface area contributed by atoms with Gasteiger partial charge in [0, 0.05) is 36.7 Å². The summed E-state index contributed by atoms with van der Waals surface area (Å²) in [5, 5.41) is 10.0. The van der Waals surface area contributed by atoms with Crippen LogP contribution in [0.1, 0.15) is 30.1 Å². The monoisotopic (exact) mass is 300 g/mol. The molecule has 0 unspecified atom stereocenters. The van der Waals surface area contributed by atoms with Gasteiger partial charge in [-0.3, -0.25) is 9.59 Å². The highest BCUT2D eigenvalue weighted by Crippen LogP contribution is 2.25. The number of carbonyl (C=O) groups is 2. The lowest BCUT2D eigenvalue weighted by Crippen LogP contribution is -2.40. The van der Waals surface area contributed by atoms with Crippen molar-refractivity contribution in [1.82, 2.24) is 9.47 Å². The van der Waals surface area contributed by atoms with Crippen LogP contribution in [0.4, 0.5) is 0 Å². The Kier molecular flexibility index (Phi) is 3.88. The van der Waals surface area contributed by atoms with Gasteiger partial charge in [0.25, 0.3) is 5.91 Å². The lowest BCUT2D eigenvalue weighted by Gasteiger charge is -2.30. The van der Waals surface area contributed by atoms with E-state index in [0.717, 1.165) is 17.4 Å². The van der Waals surface area contributed by atoms with Crippen LogP contribution in [-0.2, 0) is 11.3 Å². The number of para-hydroxylation sites is 1. The highest BCUT2D eigenvalue weighted by Gasteiger charge is 2.28. The first-order valence-electron chi connectivity index (χ1n) is 7.71. The minimum Gasteiger partial charge on any atom is -0.481 e. The van der Waals surface area contributed by atoms with Gasteiger partial charge in [-0.1, -0.05) is 18.2 Å². The van der Waals surface area contributed by atoms with Crippen LogP contribution in [0.3, 0.4) is 0 Å². The molecule has 1 N–H and O–H groups in total. The van der Waals surface area contributed by atoms with Crippen LogP contribution in [0.15, 0.2) is 30.5 Å². The molecule has 0 spiro atoms. The Morgan fingerprint density at radius 3 is 2.55 bits per heavy atom. The third-order valence-corrected chi connectivity index (χ3v) is 4.49. The number of hydrogen-bond acceptors (Lipinski definition) is 2. The maximum absolute atomic E-state index is 12.8. The average Bonchev–Trinajstić information content (AvgIpc) is 2.93. The lowest BCUT2D eigenvalue weighted by molar-refractivity contribution is -0.143. The molecule has 1 aliphatic heterocycles. The fourth-order valence-electron chi connectivity index (χ4n) is 3.18. The van der Waals surface area contributed by atoms with Gasteiger partial charge in [-0.15, -0.1) is 0 Å². The molecule has 0 atom stereocenters. The van der Waals surface area contributed by atoms with Crippen molar-refractivity contribution < 1.29 is 14.7 Å². The van der Waals surface area contributed by atoms with Crippen LogP contribution in [0.25, 0.3) is 10.9 Å². The molecule has 0 bridgehead atoms. The van der Waals surface area contributed by atoms with E-state index >= 15 is 0 Å². The van der Waals surface area contributed by atoms with Gasteiger partial charge in [-0.2, -0.15) is 0 Å². The molecule has 5 heteroatoms. The number of rotatable bonds is 3. The zero-order chi connectivity index (χ0) is 15.7. The first kappa shape index (κ1) is 14.6. The number of aromatic nitrogens is 1. The van der Waals surface area contributed by atoms with E-state index in [2.05, 4.69) is 11.5 Å². The van der Waals surface area contributed by atoms with Crippen LogP contribution in [0, 0.1) is 5.92 Å². The SMILES string of the molecule is CCn1cc(C(=O)N2CCC(C(=O)O)CC2)c2ccccc21. The minimum atomic E-state index is -0.755. The molecule has 3 rings (SSSR count). The average molecular weight is 300 g/mol. The number of hydrogen-bond donors (Lipinski definition) is 1. The molecule has 5 nitrogen and oxygen atoms in total. The normalized spacial score (nSPS) is 16.1. The third kappa shape index (κ3) is 2.47. The van der Waals surface area contributed by atoms with Crippen molar-refractivity contribution in [2.75, 3.05) is 13.1 Å². The van der Waals surface area contributed by atoms with Crippen molar-refractivity contribution in [1.29, 1.82) is 0 Å². The Hall–Kier alpha value is -2.30. The summed E-state index contributed by atoms with van der Waals surface area (Å²) in [4.78, 5) is 25.6. The standard InChI is InChI=1S/C17H20N2O3/c1-2-18-11-14(13-5-3-4-6-15(13)18)16(20)19-9-7-12(8-10-19)17(21)22/h3-6,11-12H,2,7-10H2,1H3,(H,21,22). The molecular formula is C17H20N2O3. The van der Waals surface area contributed by atoms with Gasteiger partial charge in [0.1, 0.15) is 0 Å². The highest BCUT2D eigenvalue weighted by molar-refractivity contribution is 6.07. The number of amides is 1. The number of piperidine rings is 1. The van der Waals surface area contributed by atoms with E-state index in [-0.39, 0.29) is 11.8 Å². The Bertz CT molecular complexity index is 712. The second-order valence-electron chi connectivity index (χ2n) is 5.75. The Balaban J connectivity index is 1.86. The molecule has 0 radical (unpaired) electrons. The van der Waals surface area contributed by atoms with Crippen molar-refractivity contribution in [3.63, 3.8) is 0 Å².